The van der Waals surface area contributed by atoms with Crippen LogP contribution < -0.4 is 4.90 Å². The summed E-state index contributed by atoms with van der Waals surface area (Å²) in [4.78, 5) is 26.6. The van der Waals surface area contributed by atoms with Crippen LogP contribution >= 0.6 is 0 Å². The molecular formula is C19H22N4O5. The van der Waals surface area contributed by atoms with Crippen molar-refractivity contribution in [2.24, 2.45) is 0 Å². The molecule has 0 aliphatic carbocycles. The fourth-order valence-corrected chi connectivity index (χ4v) is 3.16. The van der Waals surface area contributed by atoms with E-state index in [4.69, 9.17) is 4.52 Å². The monoisotopic (exact) mass is 386 g/mol. The van der Waals surface area contributed by atoms with Crippen LogP contribution in [0.5, 0.6) is 0 Å². The van der Waals surface area contributed by atoms with Gasteiger partial charge in [-0.2, -0.15) is 0 Å². The molecule has 2 aromatic rings. The summed E-state index contributed by atoms with van der Waals surface area (Å²) < 4.78 is 9.63. The third-order valence-corrected chi connectivity index (χ3v) is 4.58. The lowest BCUT2D eigenvalue weighted by molar-refractivity contribution is -0.384. The van der Waals surface area contributed by atoms with Crippen molar-refractivity contribution in [2.45, 2.75) is 13.5 Å². The summed E-state index contributed by atoms with van der Waals surface area (Å²) in [6.07, 6.45) is 2.74. The molecule has 1 aromatic carbocycles. The van der Waals surface area contributed by atoms with Gasteiger partial charge in [0.15, 0.2) is 0 Å². The van der Waals surface area contributed by atoms with Crippen molar-refractivity contribution >= 4 is 23.4 Å². The van der Waals surface area contributed by atoms with E-state index in [1.807, 2.05) is 17.9 Å². The van der Waals surface area contributed by atoms with E-state index >= 15 is 0 Å². The number of rotatable bonds is 6. The molecule has 0 radical (unpaired) electrons. The molecule has 0 spiro atoms. The van der Waals surface area contributed by atoms with E-state index in [9.17, 15) is 14.9 Å². The highest BCUT2D eigenvalue weighted by Crippen LogP contribution is 2.30. The van der Waals surface area contributed by atoms with Gasteiger partial charge in [0, 0.05) is 50.9 Å². The van der Waals surface area contributed by atoms with Gasteiger partial charge in [0.2, 0.25) is 0 Å². The maximum Gasteiger partial charge on any atom is 0.330 e. The first-order valence-corrected chi connectivity index (χ1v) is 8.90. The molecule has 9 nitrogen and oxygen atoms in total. The summed E-state index contributed by atoms with van der Waals surface area (Å²) >= 11 is 0. The zero-order valence-corrected chi connectivity index (χ0v) is 15.8. The van der Waals surface area contributed by atoms with Crippen LogP contribution in [0.2, 0.25) is 0 Å². The average molecular weight is 386 g/mol. The summed E-state index contributed by atoms with van der Waals surface area (Å²) in [7, 11) is 1.28. The van der Waals surface area contributed by atoms with Gasteiger partial charge in [-0.1, -0.05) is 11.2 Å². The van der Waals surface area contributed by atoms with Gasteiger partial charge < -0.3 is 14.2 Å². The van der Waals surface area contributed by atoms with Crippen molar-refractivity contribution in [1.82, 2.24) is 10.1 Å². The smallest absolute Gasteiger partial charge is 0.330 e. The summed E-state index contributed by atoms with van der Waals surface area (Å²) in [5.74, 6) is 0.274. The fraction of sp³-hybridized carbons (Fsp3) is 0.368. The molecule has 148 valence electrons. The number of nitrogens with zero attached hydrogens (tertiary/aromatic N) is 4. The van der Waals surface area contributed by atoms with Crippen molar-refractivity contribution in [3.63, 3.8) is 0 Å². The van der Waals surface area contributed by atoms with E-state index in [2.05, 4.69) is 14.8 Å². The summed E-state index contributed by atoms with van der Waals surface area (Å²) in [6.45, 7) is 5.45. The first-order valence-electron chi connectivity index (χ1n) is 8.90. The Morgan fingerprint density at radius 3 is 2.68 bits per heavy atom. The Morgan fingerprint density at radius 1 is 1.32 bits per heavy atom. The Bertz CT molecular complexity index is 884. The topological polar surface area (TPSA) is 102 Å². The molecule has 0 saturated carbocycles. The lowest BCUT2D eigenvalue weighted by Crippen LogP contribution is -2.46. The number of carbonyl (C=O) groups is 1. The number of ether oxygens (including phenoxy) is 1. The second-order valence-corrected chi connectivity index (χ2v) is 6.55. The number of carbonyl (C=O) groups excluding carboxylic acids is 1. The molecule has 0 bridgehead atoms. The van der Waals surface area contributed by atoms with Gasteiger partial charge in [0.25, 0.3) is 5.69 Å². The van der Waals surface area contributed by atoms with Crippen LogP contribution in [0.25, 0.3) is 6.08 Å². The van der Waals surface area contributed by atoms with Crippen LogP contribution in [0.3, 0.4) is 0 Å². The molecule has 9 heteroatoms. The predicted octanol–water partition coefficient (Wildman–Crippen LogP) is 2.40. The first-order chi connectivity index (χ1) is 13.5. The molecular weight excluding hydrogens is 364 g/mol. The van der Waals surface area contributed by atoms with Crippen LogP contribution in [-0.2, 0) is 16.1 Å². The third kappa shape index (κ3) is 4.74. The molecule has 1 fully saturated rings. The van der Waals surface area contributed by atoms with Crippen LogP contribution in [0, 0.1) is 17.0 Å². The maximum atomic E-state index is 11.6. The molecule has 1 aromatic heterocycles. The highest BCUT2D eigenvalue weighted by Gasteiger charge is 2.24. The first kappa shape index (κ1) is 19.6. The number of aromatic nitrogens is 1. The molecule has 0 unspecified atom stereocenters. The normalized spacial score (nSPS) is 15.1. The highest BCUT2D eigenvalue weighted by atomic mass is 16.6. The van der Waals surface area contributed by atoms with Gasteiger partial charge in [-0.05, 0) is 24.6 Å². The SMILES string of the molecule is COC(=O)/C=C/c1ccc(N2CCN(Cc3cc(C)on3)CC2)c([N+](=O)[O-])c1. The van der Waals surface area contributed by atoms with Crippen molar-refractivity contribution in [3.8, 4) is 0 Å². The van der Waals surface area contributed by atoms with Crippen LogP contribution in [0.1, 0.15) is 17.0 Å². The van der Waals surface area contributed by atoms with Crippen molar-refractivity contribution in [3.05, 3.63) is 57.5 Å². The Balaban J connectivity index is 1.68. The summed E-state index contributed by atoms with van der Waals surface area (Å²) in [6, 6.07) is 6.87. The van der Waals surface area contributed by atoms with Gasteiger partial charge in [-0.15, -0.1) is 0 Å². The quantitative estimate of drug-likeness (QED) is 0.323. The predicted molar refractivity (Wildman–Crippen MR) is 103 cm³/mol. The van der Waals surface area contributed by atoms with E-state index in [-0.39, 0.29) is 5.69 Å². The lowest BCUT2D eigenvalue weighted by atomic mass is 10.1. The van der Waals surface area contributed by atoms with Crippen LogP contribution in [-0.4, -0.2) is 54.2 Å². The van der Waals surface area contributed by atoms with Crippen LogP contribution in [0.15, 0.2) is 34.9 Å². The standard InChI is InChI=1S/C19H22N4O5/c1-14-11-16(20-28-14)13-21-7-9-22(10-8-21)17-5-3-15(4-6-19(24)27-2)12-18(17)23(25)26/h3-6,11-12H,7-10,13H2,1-2H3/b6-4+. The number of benzene rings is 1. The number of piperazine rings is 1. The molecule has 1 aliphatic heterocycles. The number of hydrogen-bond donors (Lipinski definition) is 0. The van der Waals surface area contributed by atoms with Crippen LogP contribution in [0.4, 0.5) is 11.4 Å². The summed E-state index contributed by atoms with van der Waals surface area (Å²) in [5, 5.41) is 15.6. The Kier molecular flexibility index (Phi) is 6.05. The van der Waals surface area contributed by atoms with Gasteiger partial charge >= 0.3 is 5.97 Å². The number of nitro benzene ring substituents is 1. The van der Waals surface area contributed by atoms with Gasteiger partial charge in [0.05, 0.1) is 17.7 Å². The second-order valence-electron chi connectivity index (χ2n) is 6.55. The molecule has 0 amide bonds. The van der Waals surface area contributed by atoms with E-state index < -0.39 is 10.9 Å². The fourth-order valence-electron chi connectivity index (χ4n) is 3.16. The zero-order chi connectivity index (χ0) is 20.1. The molecule has 0 N–H and O–H groups in total. The van der Waals surface area contributed by atoms with E-state index in [1.165, 1.54) is 25.3 Å². The number of hydrogen-bond acceptors (Lipinski definition) is 8. The molecule has 0 atom stereocenters. The highest BCUT2D eigenvalue weighted by molar-refractivity contribution is 5.87. The lowest BCUT2D eigenvalue weighted by Gasteiger charge is -2.35. The van der Waals surface area contributed by atoms with Crippen molar-refractivity contribution < 1.29 is 19.0 Å². The minimum absolute atomic E-state index is 0.0209. The van der Waals surface area contributed by atoms with Gasteiger partial charge in [-0.25, -0.2) is 4.79 Å². The Labute approximate surface area is 162 Å². The van der Waals surface area contributed by atoms with Crippen molar-refractivity contribution in [1.29, 1.82) is 0 Å². The van der Waals surface area contributed by atoms with E-state index in [0.29, 0.717) is 30.9 Å². The van der Waals surface area contributed by atoms with E-state index in [1.54, 1.807) is 12.1 Å². The minimum Gasteiger partial charge on any atom is -0.466 e. The Hall–Kier alpha value is -3.20. The number of anilines is 1. The maximum absolute atomic E-state index is 11.6. The second kappa shape index (κ2) is 8.66. The number of esters is 1. The zero-order valence-electron chi connectivity index (χ0n) is 15.8. The van der Waals surface area contributed by atoms with Gasteiger partial charge in [0.1, 0.15) is 11.4 Å². The molecule has 1 saturated heterocycles. The summed E-state index contributed by atoms with van der Waals surface area (Å²) in [5.41, 5.74) is 2.06. The Morgan fingerprint density at radius 2 is 2.07 bits per heavy atom. The minimum atomic E-state index is -0.509. The van der Waals surface area contributed by atoms with E-state index in [0.717, 1.165) is 24.5 Å². The third-order valence-electron chi connectivity index (χ3n) is 4.58. The number of aryl methyl sites for hydroxylation is 1. The average Bonchev–Trinajstić information content (AvgIpc) is 3.11. The molecule has 3 rings (SSSR count). The largest absolute Gasteiger partial charge is 0.466 e. The van der Waals surface area contributed by atoms with Crippen molar-refractivity contribution in [2.75, 3.05) is 38.2 Å². The number of nitro groups is 1. The molecule has 1 aliphatic rings. The molecule has 2 heterocycles. The van der Waals surface area contributed by atoms with Gasteiger partial charge in [-0.3, -0.25) is 15.0 Å². The number of methoxy groups -OCH3 is 1. The molecule has 28 heavy (non-hydrogen) atoms.